The van der Waals surface area contributed by atoms with Gasteiger partial charge in [0, 0.05) is 12.5 Å². The molecule has 6 heteroatoms. The maximum absolute atomic E-state index is 12.9. The van der Waals surface area contributed by atoms with Crippen LogP contribution >= 0.6 is 0 Å². The molecule has 1 aromatic carbocycles. The van der Waals surface area contributed by atoms with E-state index in [1.54, 1.807) is 31.6 Å². The predicted molar refractivity (Wildman–Crippen MR) is 99.5 cm³/mol. The highest BCUT2D eigenvalue weighted by atomic mass is 16.5. The third kappa shape index (κ3) is 5.17. The van der Waals surface area contributed by atoms with Gasteiger partial charge in [-0.25, -0.2) is 0 Å². The SMILES string of the molecule is COc1cc(CCC(=O)N(Cc2ccco2)Cc2ccco2)cc(OC)c1. The van der Waals surface area contributed by atoms with Crippen LogP contribution in [-0.2, 0) is 24.3 Å². The second kappa shape index (κ2) is 8.98. The van der Waals surface area contributed by atoms with E-state index < -0.39 is 0 Å². The van der Waals surface area contributed by atoms with Crippen LogP contribution in [0.25, 0.3) is 0 Å². The van der Waals surface area contributed by atoms with Crippen molar-refractivity contribution in [2.75, 3.05) is 14.2 Å². The van der Waals surface area contributed by atoms with E-state index in [0.29, 0.717) is 37.4 Å². The van der Waals surface area contributed by atoms with Gasteiger partial charge in [0.2, 0.25) is 5.91 Å². The molecule has 0 saturated carbocycles. The Morgan fingerprint density at radius 1 is 0.926 bits per heavy atom. The molecule has 0 spiro atoms. The summed E-state index contributed by atoms with van der Waals surface area (Å²) >= 11 is 0. The minimum Gasteiger partial charge on any atom is -0.497 e. The largest absolute Gasteiger partial charge is 0.497 e. The second-order valence-electron chi connectivity index (χ2n) is 6.13. The van der Waals surface area contributed by atoms with Crippen LogP contribution in [0.1, 0.15) is 23.5 Å². The zero-order chi connectivity index (χ0) is 19.1. The number of ether oxygens (including phenoxy) is 2. The van der Waals surface area contributed by atoms with Gasteiger partial charge in [0.05, 0.1) is 39.8 Å². The summed E-state index contributed by atoms with van der Waals surface area (Å²) in [7, 11) is 3.22. The summed E-state index contributed by atoms with van der Waals surface area (Å²) in [5.41, 5.74) is 0.982. The first-order chi connectivity index (χ1) is 13.2. The summed E-state index contributed by atoms with van der Waals surface area (Å²) < 4.78 is 21.4. The predicted octanol–water partition coefficient (Wildman–Crippen LogP) is 4.05. The van der Waals surface area contributed by atoms with Crippen LogP contribution in [0.3, 0.4) is 0 Å². The molecular formula is C21H23NO5. The number of aryl methyl sites for hydroxylation is 1. The first-order valence-electron chi connectivity index (χ1n) is 8.72. The van der Waals surface area contributed by atoms with Gasteiger partial charge in [-0.15, -0.1) is 0 Å². The van der Waals surface area contributed by atoms with Gasteiger partial charge in [0.1, 0.15) is 23.0 Å². The highest BCUT2D eigenvalue weighted by Crippen LogP contribution is 2.23. The van der Waals surface area contributed by atoms with Gasteiger partial charge >= 0.3 is 0 Å². The van der Waals surface area contributed by atoms with Crippen molar-refractivity contribution in [3.63, 3.8) is 0 Å². The van der Waals surface area contributed by atoms with Crippen LogP contribution in [0, 0.1) is 0 Å². The van der Waals surface area contributed by atoms with E-state index in [1.807, 2.05) is 42.5 Å². The van der Waals surface area contributed by atoms with Gasteiger partial charge in [-0.1, -0.05) is 0 Å². The van der Waals surface area contributed by atoms with Crippen LogP contribution in [-0.4, -0.2) is 25.0 Å². The molecule has 6 nitrogen and oxygen atoms in total. The summed E-state index contributed by atoms with van der Waals surface area (Å²) in [6.07, 6.45) is 4.15. The normalized spacial score (nSPS) is 10.6. The third-order valence-corrected chi connectivity index (χ3v) is 4.25. The number of methoxy groups -OCH3 is 2. The molecule has 1 amide bonds. The molecule has 3 aromatic rings. The summed E-state index contributed by atoms with van der Waals surface area (Å²) in [6.45, 7) is 0.794. The number of hydrogen-bond acceptors (Lipinski definition) is 5. The van der Waals surface area contributed by atoms with E-state index in [2.05, 4.69) is 0 Å². The van der Waals surface area contributed by atoms with E-state index in [4.69, 9.17) is 18.3 Å². The molecular weight excluding hydrogens is 346 g/mol. The van der Waals surface area contributed by atoms with Crippen LogP contribution < -0.4 is 9.47 Å². The lowest BCUT2D eigenvalue weighted by Crippen LogP contribution is -2.30. The van der Waals surface area contributed by atoms with E-state index >= 15 is 0 Å². The molecule has 3 rings (SSSR count). The standard InChI is InChI=1S/C21H23NO5/c1-24-19-11-16(12-20(13-19)25-2)7-8-21(23)22(14-17-5-3-9-26-17)15-18-6-4-10-27-18/h3-6,9-13H,7-8,14-15H2,1-2H3. The van der Waals surface area contributed by atoms with Gasteiger partial charge in [-0.05, 0) is 48.4 Å². The molecule has 0 aliphatic rings. The highest BCUT2D eigenvalue weighted by Gasteiger charge is 2.17. The van der Waals surface area contributed by atoms with Gasteiger partial charge < -0.3 is 23.2 Å². The topological polar surface area (TPSA) is 65.0 Å². The molecule has 142 valence electrons. The third-order valence-electron chi connectivity index (χ3n) is 4.25. The highest BCUT2D eigenvalue weighted by molar-refractivity contribution is 5.76. The summed E-state index contributed by atoms with van der Waals surface area (Å²) in [5, 5.41) is 0. The molecule has 0 unspecified atom stereocenters. The van der Waals surface area contributed by atoms with Crippen molar-refractivity contribution in [1.82, 2.24) is 4.90 Å². The quantitative estimate of drug-likeness (QED) is 0.569. The van der Waals surface area contributed by atoms with Crippen molar-refractivity contribution in [3.05, 3.63) is 72.1 Å². The smallest absolute Gasteiger partial charge is 0.223 e. The lowest BCUT2D eigenvalue weighted by Gasteiger charge is -2.21. The first kappa shape index (κ1) is 18.6. The number of carbonyl (C=O) groups excluding carboxylic acids is 1. The fourth-order valence-electron chi connectivity index (χ4n) is 2.83. The molecule has 0 bridgehead atoms. The van der Waals surface area contributed by atoms with Gasteiger partial charge in [0.15, 0.2) is 0 Å². The van der Waals surface area contributed by atoms with Crippen molar-refractivity contribution in [3.8, 4) is 11.5 Å². The van der Waals surface area contributed by atoms with Crippen molar-refractivity contribution < 1.29 is 23.1 Å². The zero-order valence-electron chi connectivity index (χ0n) is 15.5. The number of hydrogen-bond donors (Lipinski definition) is 0. The summed E-state index contributed by atoms with van der Waals surface area (Å²) in [5.74, 6) is 2.90. The average molecular weight is 369 g/mol. The molecule has 2 heterocycles. The number of furan rings is 2. The summed E-state index contributed by atoms with van der Waals surface area (Å²) in [6, 6.07) is 13.0. The van der Waals surface area contributed by atoms with Crippen molar-refractivity contribution in [2.24, 2.45) is 0 Å². The minimum atomic E-state index is 0.0181. The molecule has 0 atom stereocenters. The Bertz CT molecular complexity index is 781. The zero-order valence-corrected chi connectivity index (χ0v) is 15.5. The Hall–Kier alpha value is -3.15. The van der Waals surface area contributed by atoms with Crippen LogP contribution in [0.5, 0.6) is 11.5 Å². The van der Waals surface area contributed by atoms with E-state index in [1.165, 1.54) is 0 Å². The van der Waals surface area contributed by atoms with Crippen molar-refractivity contribution >= 4 is 5.91 Å². The Morgan fingerprint density at radius 2 is 1.48 bits per heavy atom. The Morgan fingerprint density at radius 3 is 1.93 bits per heavy atom. The monoisotopic (exact) mass is 369 g/mol. The number of benzene rings is 1. The Kier molecular flexibility index (Phi) is 6.20. The molecule has 0 fully saturated rings. The number of nitrogens with zero attached hydrogens (tertiary/aromatic N) is 1. The molecule has 27 heavy (non-hydrogen) atoms. The Balaban J connectivity index is 1.68. The fraction of sp³-hybridized carbons (Fsp3) is 0.286. The van der Waals surface area contributed by atoms with Gasteiger partial charge in [-0.2, -0.15) is 0 Å². The number of carbonyl (C=O) groups is 1. The van der Waals surface area contributed by atoms with E-state index in [9.17, 15) is 4.79 Å². The van der Waals surface area contributed by atoms with Gasteiger partial charge in [0.25, 0.3) is 0 Å². The summed E-state index contributed by atoms with van der Waals surface area (Å²) in [4.78, 5) is 14.6. The molecule has 0 saturated heterocycles. The van der Waals surface area contributed by atoms with Crippen molar-refractivity contribution in [2.45, 2.75) is 25.9 Å². The minimum absolute atomic E-state index is 0.0181. The van der Waals surface area contributed by atoms with Crippen LogP contribution in [0.2, 0.25) is 0 Å². The van der Waals surface area contributed by atoms with Crippen LogP contribution in [0.15, 0.2) is 63.8 Å². The lowest BCUT2D eigenvalue weighted by atomic mass is 10.1. The van der Waals surface area contributed by atoms with E-state index in [-0.39, 0.29) is 5.91 Å². The number of amides is 1. The first-order valence-corrected chi connectivity index (χ1v) is 8.72. The second-order valence-corrected chi connectivity index (χ2v) is 6.13. The average Bonchev–Trinajstić information content (AvgIpc) is 3.39. The molecule has 0 aliphatic carbocycles. The maximum atomic E-state index is 12.9. The van der Waals surface area contributed by atoms with Crippen LogP contribution in [0.4, 0.5) is 0 Å². The molecule has 0 aliphatic heterocycles. The molecule has 0 N–H and O–H groups in total. The maximum Gasteiger partial charge on any atom is 0.223 e. The van der Waals surface area contributed by atoms with Gasteiger partial charge in [-0.3, -0.25) is 4.79 Å². The van der Waals surface area contributed by atoms with Crippen molar-refractivity contribution in [1.29, 1.82) is 0 Å². The Labute approximate surface area is 158 Å². The van der Waals surface area contributed by atoms with E-state index in [0.717, 1.165) is 17.1 Å². The molecule has 0 radical (unpaired) electrons. The lowest BCUT2D eigenvalue weighted by molar-refractivity contribution is -0.133. The molecule has 2 aromatic heterocycles. The number of rotatable bonds is 9. The fourth-order valence-corrected chi connectivity index (χ4v) is 2.83.